The van der Waals surface area contributed by atoms with Gasteiger partial charge in [0.15, 0.2) is 5.65 Å². The highest BCUT2D eigenvalue weighted by Crippen LogP contribution is 2.27. The summed E-state index contributed by atoms with van der Waals surface area (Å²) in [5.74, 6) is -0.0148. The average molecular weight is 408 g/mol. The number of nitrogens with zero attached hydrogens (tertiary/aromatic N) is 4. The molecule has 0 unspecified atom stereocenters. The van der Waals surface area contributed by atoms with Crippen molar-refractivity contribution >= 4 is 5.65 Å². The van der Waals surface area contributed by atoms with E-state index in [0.29, 0.717) is 29.0 Å². The molecule has 0 aliphatic heterocycles. The Kier molecular flexibility index (Phi) is 7.03. The van der Waals surface area contributed by atoms with Gasteiger partial charge in [0.25, 0.3) is 5.56 Å². The molecule has 3 rings (SSSR count). The van der Waals surface area contributed by atoms with Crippen molar-refractivity contribution in [2.24, 2.45) is 0 Å². The summed E-state index contributed by atoms with van der Waals surface area (Å²) in [6.45, 7) is 8.73. The minimum Gasteiger partial charge on any atom is -0.395 e. The molecule has 0 spiro atoms. The van der Waals surface area contributed by atoms with Crippen molar-refractivity contribution in [3.63, 3.8) is 0 Å². The van der Waals surface area contributed by atoms with Crippen LogP contribution in [-0.4, -0.2) is 50.8 Å². The van der Waals surface area contributed by atoms with Crippen molar-refractivity contribution in [2.45, 2.75) is 39.5 Å². The number of hydrogen-bond donors (Lipinski definition) is 2. The average Bonchev–Trinajstić information content (AvgIpc) is 3.15. The minimum atomic E-state index is -0.172. The van der Waals surface area contributed by atoms with Gasteiger partial charge in [0.05, 0.1) is 12.3 Å². The third-order valence-corrected chi connectivity index (χ3v) is 5.27. The zero-order chi connectivity index (χ0) is 21.7. The van der Waals surface area contributed by atoms with Crippen molar-refractivity contribution in [1.82, 2.24) is 19.5 Å². The standard InChI is InChI=1S/C23H29N5O2/c1-4-9-27(11-12-29)10-8-17-6-5-7-18(13-17)21-20(16(2)3)23(30)28-22(26-21)19(14-24)15-25-28/h5-7,13,15-16,25,29H,4,8-12H2,1-3H3. The Labute approximate surface area is 176 Å². The minimum absolute atomic E-state index is 0.0148. The number of fused-ring (bicyclic) bond motifs is 1. The SMILES string of the molecule is CCCN(CCO)CCc1cccc(-c2nc3c(C#N)c[nH]n3c(=O)c2C(C)C)c1. The highest BCUT2D eigenvalue weighted by molar-refractivity contribution is 5.68. The molecule has 0 aliphatic carbocycles. The van der Waals surface area contributed by atoms with Crippen LogP contribution in [-0.2, 0) is 6.42 Å². The predicted octanol–water partition coefficient (Wildman–Crippen LogP) is 2.93. The van der Waals surface area contributed by atoms with Gasteiger partial charge in [-0.3, -0.25) is 9.89 Å². The summed E-state index contributed by atoms with van der Waals surface area (Å²) in [6, 6.07) is 10.2. The van der Waals surface area contributed by atoms with Gasteiger partial charge in [-0.15, -0.1) is 0 Å². The summed E-state index contributed by atoms with van der Waals surface area (Å²) >= 11 is 0. The van der Waals surface area contributed by atoms with Gasteiger partial charge in [-0.1, -0.05) is 39.0 Å². The zero-order valence-electron chi connectivity index (χ0n) is 17.9. The van der Waals surface area contributed by atoms with Gasteiger partial charge in [0.2, 0.25) is 0 Å². The van der Waals surface area contributed by atoms with E-state index in [0.717, 1.165) is 37.1 Å². The Hall–Kier alpha value is -2.95. The number of aliphatic hydroxyl groups excluding tert-OH is 1. The Morgan fingerprint density at radius 1 is 1.30 bits per heavy atom. The second-order valence-corrected chi connectivity index (χ2v) is 7.81. The van der Waals surface area contributed by atoms with Crippen LogP contribution in [0.2, 0.25) is 0 Å². The van der Waals surface area contributed by atoms with E-state index in [1.807, 2.05) is 26.0 Å². The number of benzene rings is 1. The van der Waals surface area contributed by atoms with Crippen LogP contribution in [0.3, 0.4) is 0 Å². The van der Waals surface area contributed by atoms with Crippen LogP contribution in [0.1, 0.15) is 49.8 Å². The summed E-state index contributed by atoms with van der Waals surface area (Å²) in [6.07, 6.45) is 3.40. The van der Waals surface area contributed by atoms with Gasteiger partial charge < -0.3 is 10.0 Å². The lowest BCUT2D eigenvalue weighted by atomic mass is 9.96. The molecule has 158 valence electrons. The second kappa shape index (κ2) is 9.70. The first kappa shape index (κ1) is 21.8. The molecule has 3 aromatic rings. The Bertz CT molecular complexity index is 1100. The monoisotopic (exact) mass is 407 g/mol. The van der Waals surface area contributed by atoms with E-state index in [9.17, 15) is 15.2 Å². The number of hydrogen-bond acceptors (Lipinski definition) is 5. The summed E-state index contributed by atoms with van der Waals surface area (Å²) in [4.78, 5) is 20.1. The van der Waals surface area contributed by atoms with Crippen molar-refractivity contribution < 1.29 is 5.11 Å². The maximum Gasteiger partial charge on any atom is 0.276 e. The van der Waals surface area contributed by atoms with Gasteiger partial charge in [-0.05, 0) is 36.9 Å². The first-order valence-electron chi connectivity index (χ1n) is 10.5. The van der Waals surface area contributed by atoms with E-state index in [4.69, 9.17) is 4.98 Å². The van der Waals surface area contributed by atoms with E-state index in [1.165, 1.54) is 10.7 Å². The molecule has 0 amide bonds. The highest BCUT2D eigenvalue weighted by Gasteiger charge is 2.20. The lowest BCUT2D eigenvalue weighted by Crippen LogP contribution is -2.29. The Morgan fingerprint density at radius 3 is 2.77 bits per heavy atom. The summed E-state index contributed by atoms with van der Waals surface area (Å²) in [7, 11) is 0. The van der Waals surface area contributed by atoms with Crippen LogP contribution in [0.5, 0.6) is 0 Å². The largest absolute Gasteiger partial charge is 0.395 e. The fraction of sp³-hybridized carbons (Fsp3) is 0.435. The van der Waals surface area contributed by atoms with Crippen LogP contribution in [0, 0.1) is 11.3 Å². The Morgan fingerprint density at radius 2 is 2.10 bits per heavy atom. The molecular weight excluding hydrogens is 378 g/mol. The number of nitriles is 1. The highest BCUT2D eigenvalue weighted by atomic mass is 16.3. The van der Waals surface area contributed by atoms with E-state index >= 15 is 0 Å². The fourth-order valence-corrected chi connectivity index (χ4v) is 3.81. The fourth-order valence-electron chi connectivity index (χ4n) is 3.81. The van der Waals surface area contributed by atoms with Gasteiger partial charge in [-0.25, -0.2) is 9.50 Å². The van der Waals surface area contributed by atoms with Crippen LogP contribution in [0.25, 0.3) is 16.9 Å². The quantitative estimate of drug-likeness (QED) is 0.568. The first-order valence-corrected chi connectivity index (χ1v) is 10.5. The maximum absolute atomic E-state index is 13.1. The molecule has 7 heteroatoms. The molecule has 0 aliphatic rings. The topological polar surface area (TPSA) is 97.4 Å². The van der Waals surface area contributed by atoms with Crippen LogP contribution in [0.15, 0.2) is 35.3 Å². The number of aromatic nitrogens is 3. The van der Waals surface area contributed by atoms with Crippen molar-refractivity contribution in [3.8, 4) is 17.3 Å². The summed E-state index contributed by atoms with van der Waals surface area (Å²) in [5.41, 5.74) is 3.82. The molecule has 0 atom stereocenters. The maximum atomic E-state index is 13.1. The molecule has 30 heavy (non-hydrogen) atoms. The molecule has 0 radical (unpaired) electrons. The van der Waals surface area contributed by atoms with Gasteiger partial charge >= 0.3 is 0 Å². The molecule has 1 aromatic carbocycles. The van der Waals surface area contributed by atoms with Gasteiger partial charge in [0, 0.05) is 30.4 Å². The summed E-state index contributed by atoms with van der Waals surface area (Å²) in [5, 5.41) is 21.5. The Balaban J connectivity index is 2.01. The van der Waals surface area contributed by atoms with E-state index in [1.54, 1.807) is 0 Å². The lowest BCUT2D eigenvalue weighted by molar-refractivity contribution is 0.197. The number of aromatic amines is 1. The smallest absolute Gasteiger partial charge is 0.276 e. The molecular formula is C23H29N5O2. The van der Waals surface area contributed by atoms with Crippen LogP contribution >= 0.6 is 0 Å². The molecule has 0 saturated carbocycles. The number of rotatable bonds is 9. The third-order valence-electron chi connectivity index (χ3n) is 5.27. The number of nitrogens with one attached hydrogen (secondary N) is 1. The zero-order valence-corrected chi connectivity index (χ0v) is 17.9. The molecule has 0 fully saturated rings. The third kappa shape index (κ3) is 4.45. The molecule has 7 nitrogen and oxygen atoms in total. The van der Waals surface area contributed by atoms with Crippen molar-refractivity contribution in [1.29, 1.82) is 5.26 Å². The van der Waals surface area contributed by atoms with E-state index < -0.39 is 0 Å². The second-order valence-electron chi connectivity index (χ2n) is 7.81. The van der Waals surface area contributed by atoms with Crippen LogP contribution in [0.4, 0.5) is 0 Å². The normalized spacial score (nSPS) is 11.5. The van der Waals surface area contributed by atoms with Crippen molar-refractivity contribution in [2.75, 3.05) is 26.2 Å². The molecule has 2 N–H and O–H groups in total. The van der Waals surface area contributed by atoms with E-state index in [2.05, 4.69) is 35.1 Å². The first-order chi connectivity index (χ1) is 14.5. The molecule has 0 bridgehead atoms. The predicted molar refractivity (Wildman–Crippen MR) is 118 cm³/mol. The molecule has 2 aromatic heterocycles. The lowest BCUT2D eigenvalue weighted by Gasteiger charge is -2.20. The van der Waals surface area contributed by atoms with Crippen LogP contribution < -0.4 is 5.56 Å². The molecule has 2 heterocycles. The molecule has 0 saturated heterocycles. The van der Waals surface area contributed by atoms with Crippen molar-refractivity contribution in [3.05, 3.63) is 57.5 Å². The summed E-state index contributed by atoms with van der Waals surface area (Å²) < 4.78 is 1.35. The number of aliphatic hydroxyl groups is 1. The van der Waals surface area contributed by atoms with Gasteiger partial charge in [0.1, 0.15) is 11.6 Å². The van der Waals surface area contributed by atoms with E-state index in [-0.39, 0.29) is 18.1 Å². The van der Waals surface area contributed by atoms with Gasteiger partial charge in [-0.2, -0.15) is 5.26 Å². The number of H-pyrrole nitrogens is 1.